The number of benzene rings is 1. The summed E-state index contributed by atoms with van der Waals surface area (Å²) in [7, 11) is 2.10. The van der Waals surface area contributed by atoms with Crippen LogP contribution in [0.4, 0.5) is 0 Å². The number of likely N-dealkylation sites (tertiary alicyclic amines) is 1. The highest BCUT2D eigenvalue weighted by atomic mass is 35.5. The van der Waals surface area contributed by atoms with Crippen LogP contribution in [-0.2, 0) is 17.9 Å². The third-order valence-corrected chi connectivity index (χ3v) is 6.75. The fourth-order valence-corrected chi connectivity index (χ4v) is 4.91. The lowest BCUT2D eigenvalue weighted by Gasteiger charge is -2.36. The molecular weight excluding hydrogens is 374 g/mol. The maximum Gasteiger partial charge on any atom is 0.225 e. The fraction of sp³-hybridized carbons (Fsp3) is 0.571. The molecule has 1 saturated heterocycles. The molecule has 2 aromatic rings. The molecule has 0 unspecified atom stereocenters. The van der Waals surface area contributed by atoms with Gasteiger partial charge in [0.2, 0.25) is 5.91 Å². The Hall–Kier alpha value is -1.92. The first kappa shape index (κ1) is 18.1. The number of fused-ring (bicyclic) bond motifs is 3. The topological polar surface area (TPSA) is 54.3 Å². The van der Waals surface area contributed by atoms with E-state index in [1.54, 1.807) is 0 Å². The molecule has 6 nitrogen and oxygen atoms in total. The Bertz CT molecular complexity index is 898. The van der Waals surface area contributed by atoms with Gasteiger partial charge in [0.05, 0.1) is 12.2 Å². The van der Waals surface area contributed by atoms with E-state index in [1.165, 1.54) is 12.0 Å². The van der Waals surface area contributed by atoms with Gasteiger partial charge in [-0.05, 0) is 56.5 Å². The van der Waals surface area contributed by atoms with E-state index in [2.05, 4.69) is 37.7 Å². The van der Waals surface area contributed by atoms with Gasteiger partial charge in [-0.2, -0.15) is 0 Å². The van der Waals surface area contributed by atoms with Crippen LogP contribution in [0.2, 0.25) is 5.02 Å². The summed E-state index contributed by atoms with van der Waals surface area (Å²) in [6.45, 7) is 3.26. The molecule has 1 aliphatic carbocycles. The third-order valence-electron chi connectivity index (χ3n) is 6.52. The van der Waals surface area contributed by atoms with E-state index in [1.807, 2.05) is 12.1 Å². The number of nitrogens with zero attached hydrogens (tertiary/aromatic N) is 5. The first-order chi connectivity index (χ1) is 13.6. The van der Waals surface area contributed by atoms with Crippen molar-refractivity contribution in [2.24, 2.45) is 5.92 Å². The van der Waals surface area contributed by atoms with E-state index < -0.39 is 0 Å². The van der Waals surface area contributed by atoms with Crippen LogP contribution in [0.25, 0.3) is 5.69 Å². The number of piperidine rings is 1. The second kappa shape index (κ2) is 7.16. The van der Waals surface area contributed by atoms with Gasteiger partial charge in [-0.25, -0.2) is 0 Å². The summed E-state index contributed by atoms with van der Waals surface area (Å²) in [4.78, 5) is 16.9. The van der Waals surface area contributed by atoms with E-state index in [0.29, 0.717) is 11.8 Å². The van der Waals surface area contributed by atoms with Crippen molar-refractivity contribution in [3.05, 3.63) is 40.4 Å². The lowest BCUT2D eigenvalue weighted by atomic mass is 9.83. The number of hydrogen-bond acceptors (Lipinski definition) is 4. The predicted octanol–water partition coefficient (Wildman–Crippen LogP) is 3.37. The number of rotatable bonds is 2. The molecule has 0 N–H and O–H groups in total. The summed E-state index contributed by atoms with van der Waals surface area (Å²) in [6, 6.07) is 6.08. The zero-order valence-electron chi connectivity index (χ0n) is 16.3. The van der Waals surface area contributed by atoms with Crippen LogP contribution in [0.1, 0.15) is 55.2 Å². The monoisotopic (exact) mass is 399 g/mol. The Kier molecular flexibility index (Phi) is 4.63. The van der Waals surface area contributed by atoms with Crippen molar-refractivity contribution in [2.45, 2.75) is 51.1 Å². The summed E-state index contributed by atoms with van der Waals surface area (Å²) in [5.74, 6) is 2.99. The molecule has 5 rings (SSSR count). The quantitative estimate of drug-likeness (QED) is 0.776. The SMILES string of the molecule is CN1Cc2cc(Cl)ccc2-n2c(nnc2C2CCN(C(=O)C3CCC3)CC2)C1. The maximum absolute atomic E-state index is 12.6. The number of carbonyl (C=O) groups is 1. The summed E-state index contributed by atoms with van der Waals surface area (Å²) < 4.78 is 2.24. The summed E-state index contributed by atoms with van der Waals surface area (Å²) >= 11 is 6.26. The van der Waals surface area contributed by atoms with Crippen LogP contribution < -0.4 is 0 Å². The highest BCUT2D eigenvalue weighted by molar-refractivity contribution is 6.30. The summed E-state index contributed by atoms with van der Waals surface area (Å²) in [6.07, 6.45) is 5.26. The standard InChI is InChI=1S/C21H26ClN5O/c1-25-12-16-11-17(22)5-6-18(16)27-19(13-25)23-24-20(27)14-7-9-26(10-8-14)21(28)15-3-2-4-15/h5-6,11,14-15H,2-4,7-10,12-13H2,1H3. The molecule has 2 fully saturated rings. The molecule has 0 atom stereocenters. The highest BCUT2D eigenvalue weighted by Gasteiger charge is 2.34. The molecule has 0 radical (unpaired) electrons. The molecule has 148 valence electrons. The summed E-state index contributed by atoms with van der Waals surface area (Å²) in [5, 5.41) is 9.88. The Morgan fingerprint density at radius 2 is 1.89 bits per heavy atom. The number of aromatic nitrogens is 3. The molecule has 1 amide bonds. The van der Waals surface area contributed by atoms with Gasteiger partial charge in [0, 0.05) is 36.5 Å². The Morgan fingerprint density at radius 1 is 1.11 bits per heavy atom. The first-order valence-corrected chi connectivity index (χ1v) is 10.7. The van der Waals surface area contributed by atoms with E-state index in [-0.39, 0.29) is 5.92 Å². The van der Waals surface area contributed by atoms with Gasteiger partial charge in [-0.15, -0.1) is 10.2 Å². The molecule has 1 aromatic carbocycles. The first-order valence-electron chi connectivity index (χ1n) is 10.3. The van der Waals surface area contributed by atoms with Crippen LogP contribution in [-0.4, -0.2) is 50.6 Å². The molecule has 1 saturated carbocycles. The van der Waals surface area contributed by atoms with Crippen LogP contribution >= 0.6 is 11.6 Å². The van der Waals surface area contributed by atoms with E-state index >= 15 is 0 Å². The van der Waals surface area contributed by atoms with Gasteiger partial charge in [-0.3, -0.25) is 14.3 Å². The van der Waals surface area contributed by atoms with Crippen molar-refractivity contribution in [1.29, 1.82) is 0 Å². The molecular formula is C21H26ClN5O. The molecule has 1 aromatic heterocycles. The second-order valence-electron chi connectivity index (χ2n) is 8.48. The molecule has 3 heterocycles. The number of hydrogen-bond donors (Lipinski definition) is 0. The Balaban J connectivity index is 1.41. The van der Waals surface area contributed by atoms with Crippen LogP contribution in [0, 0.1) is 5.92 Å². The van der Waals surface area contributed by atoms with Crippen molar-refractivity contribution in [3.8, 4) is 5.69 Å². The van der Waals surface area contributed by atoms with Crippen molar-refractivity contribution >= 4 is 17.5 Å². The van der Waals surface area contributed by atoms with Crippen LogP contribution in [0.5, 0.6) is 0 Å². The van der Waals surface area contributed by atoms with Gasteiger partial charge in [0.25, 0.3) is 0 Å². The number of halogens is 1. The highest BCUT2D eigenvalue weighted by Crippen LogP contribution is 2.35. The average Bonchev–Trinajstić information content (AvgIpc) is 2.97. The molecule has 3 aliphatic rings. The normalized spacial score (nSPS) is 21.0. The van der Waals surface area contributed by atoms with Crippen molar-refractivity contribution in [2.75, 3.05) is 20.1 Å². The number of amides is 1. The second-order valence-corrected chi connectivity index (χ2v) is 8.92. The van der Waals surface area contributed by atoms with Gasteiger partial charge < -0.3 is 4.90 Å². The van der Waals surface area contributed by atoms with Gasteiger partial charge in [0.1, 0.15) is 5.82 Å². The molecule has 2 aliphatic heterocycles. The van der Waals surface area contributed by atoms with Gasteiger partial charge in [-0.1, -0.05) is 18.0 Å². The van der Waals surface area contributed by atoms with E-state index in [4.69, 9.17) is 11.6 Å². The largest absolute Gasteiger partial charge is 0.342 e. The maximum atomic E-state index is 12.6. The molecule has 0 spiro atoms. The van der Waals surface area contributed by atoms with Gasteiger partial charge in [0.15, 0.2) is 5.82 Å². The van der Waals surface area contributed by atoms with Gasteiger partial charge >= 0.3 is 0 Å². The molecule has 7 heteroatoms. The zero-order valence-corrected chi connectivity index (χ0v) is 17.0. The summed E-state index contributed by atoms with van der Waals surface area (Å²) in [5.41, 5.74) is 2.34. The smallest absolute Gasteiger partial charge is 0.225 e. The van der Waals surface area contributed by atoms with Crippen molar-refractivity contribution in [1.82, 2.24) is 24.6 Å². The number of carbonyl (C=O) groups excluding carboxylic acids is 1. The average molecular weight is 400 g/mol. The Morgan fingerprint density at radius 3 is 2.61 bits per heavy atom. The minimum atomic E-state index is 0.285. The Labute approximate surface area is 170 Å². The predicted molar refractivity (Wildman–Crippen MR) is 107 cm³/mol. The van der Waals surface area contributed by atoms with Crippen LogP contribution in [0.3, 0.4) is 0 Å². The molecule has 0 bridgehead atoms. The van der Waals surface area contributed by atoms with E-state index in [9.17, 15) is 4.79 Å². The lowest BCUT2D eigenvalue weighted by Crippen LogP contribution is -2.43. The zero-order chi connectivity index (χ0) is 19.3. The van der Waals surface area contributed by atoms with E-state index in [0.717, 1.165) is 74.2 Å². The third kappa shape index (κ3) is 3.12. The minimum absolute atomic E-state index is 0.285. The fourth-order valence-electron chi connectivity index (χ4n) is 4.72. The van der Waals surface area contributed by atoms with Crippen molar-refractivity contribution < 1.29 is 4.79 Å². The lowest BCUT2D eigenvalue weighted by molar-refractivity contribution is -0.139. The molecule has 28 heavy (non-hydrogen) atoms. The minimum Gasteiger partial charge on any atom is -0.342 e. The van der Waals surface area contributed by atoms with Crippen molar-refractivity contribution in [3.63, 3.8) is 0 Å². The van der Waals surface area contributed by atoms with Crippen LogP contribution in [0.15, 0.2) is 18.2 Å².